The highest BCUT2D eigenvalue weighted by atomic mass is 16.3. The van der Waals surface area contributed by atoms with Gasteiger partial charge in [-0.1, -0.05) is 53.9 Å². The van der Waals surface area contributed by atoms with Crippen LogP contribution in [0.3, 0.4) is 0 Å². The topological polar surface area (TPSA) is 37.3 Å². The number of aliphatic hydroxyl groups excluding tert-OH is 1. The molecule has 0 saturated heterocycles. The van der Waals surface area contributed by atoms with E-state index in [9.17, 15) is 9.90 Å². The second-order valence-electron chi connectivity index (χ2n) is 7.21. The van der Waals surface area contributed by atoms with Gasteiger partial charge in [-0.25, -0.2) is 0 Å². The van der Waals surface area contributed by atoms with Crippen molar-refractivity contribution >= 4 is 5.78 Å². The summed E-state index contributed by atoms with van der Waals surface area (Å²) in [6.07, 6.45) is 6.09. The molecule has 1 rings (SSSR count). The first-order chi connectivity index (χ1) is 8.79. The molecule has 0 aromatic rings. The molecule has 0 aromatic heterocycles. The summed E-state index contributed by atoms with van der Waals surface area (Å²) in [4.78, 5) is 11.9. The lowest BCUT2D eigenvalue weighted by Crippen LogP contribution is -2.46. The van der Waals surface area contributed by atoms with E-state index in [1.807, 2.05) is 0 Å². The lowest BCUT2D eigenvalue weighted by atomic mass is 9.56. The molecule has 0 spiro atoms. The SMILES string of the molecule is CCCCC(C)(CC)C1(C)CC(C)CC(=O)CC1O. The summed E-state index contributed by atoms with van der Waals surface area (Å²) >= 11 is 0. The van der Waals surface area contributed by atoms with Crippen LogP contribution in [0.25, 0.3) is 0 Å². The Kier molecular flexibility index (Phi) is 5.61. The van der Waals surface area contributed by atoms with E-state index in [4.69, 9.17) is 0 Å². The van der Waals surface area contributed by atoms with Crippen LogP contribution in [0.15, 0.2) is 0 Å². The lowest BCUT2D eigenvalue weighted by molar-refractivity contribution is -0.124. The quantitative estimate of drug-likeness (QED) is 0.753. The molecule has 1 saturated carbocycles. The molecule has 2 nitrogen and oxygen atoms in total. The van der Waals surface area contributed by atoms with Crippen molar-refractivity contribution in [3.63, 3.8) is 0 Å². The van der Waals surface area contributed by atoms with Gasteiger partial charge in [0.05, 0.1) is 6.10 Å². The highest BCUT2D eigenvalue weighted by Gasteiger charge is 2.49. The minimum Gasteiger partial charge on any atom is -0.392 e. The Hall–Kier alpha value is -0.370. The van der Waals surface area contributed by atoms with Crippen molar-refractivity contribution in [2.24, 2.45) is 16.7 Å². The number of aliphatic hydroxyl groups is 1. The van der Waals surface area contributed by atoms with Crippen LogP contribution in [-0.2, 0) is 4.79 Å². The summed E-state index contributed by atoms with van der Waals surface area (Å²) in [6.45, 7) is 11.1. The van der Waals surface area contributed by atoms with E-state index in [0.717, 1.165) is 19.3 Å². The Morgan fingerprint density at radius 3 is 2.53 bits per heavy atom. The Morgan fingerprint density at radius 1 is 1.37 bits per heavy atom. The Labute approximate surface area is 119 Å². The summed E-state index contributed by atoms with van der Waals surface area (Å²) in [5, 5.41) is 10.6. The molecular weight excluding hydrogens is 236 g/mol. The highest BCUT2D eigenvalue weighted by Crippen LogP contribution is 2.53. The fraction of sp³-hybridized carbons (Fsp3) is 0.941. The van der Waals surface area contributed by atoms with E-state index in [2.05, 4.69) is 34.6 Å². The van der Waals surface area contributed by atoms with Crippen molar-refractivity contribution < 1.29 is 9.90 Å². The normalized spacial score (nSPS) is 35.8. The minimum absolute atomic E-state index is 0.126. The average molecular weight is 268 g/mol. The molecule has 1 fully saturated rings. The zero-order chi connectivity index (χ0) is 14.7. The van der Waals surface area contributed by atoms with Crippen molar-refractivity contribution in [2.45, 2.75) is 85.7 Å². The third-order valence-electron chi connectivity index (χ3n) is 5.75. The van der Waals surface area contributed by atoms with E-state index in [0.29, 0.717) is 18.8 Å². The maximum Gasteiger partial charge on any atom is 0.135 e. The summed E-state index contributed by atoms with van der Waals surface area (Å²) in [5.74, 6) is 0.625. The molecule has 19 heavy (non-hydrogen) atoms. The second kappa shape index (κ2) is 6.39. The average Bonchev–Trinajstić information content (AvgIpc) is 2.43. The number of carbonyl (C=O) groups is 1. The third-order valence-corrected chi connectivity index (χ3v) is 5.75. The third kappa shape index (κ3) is 3.39. The van der Waals surface area contributed by atoms with Gasteiger partial charge in [0.25, 0.3) is 0 Å². The highest BCUT2D eigenvalue weighted by molar-refractivity contribution is 5.79. The van der Waals surface area contributed by atoms with Crippen LogP contribution < -0.4 is 0 Å². The first-order valence-corrected chi connectivity index (χ1v) is 7.99. The van der Waals surface area contributed by atoms with Gasteiger partial charge in [-0.2, -0.15) is 0 Å². The first-order valence-electron chi connectivity index (χ1n) is 7.99. The van der Waals surface area contributed by atoms with Gasteiger partial charge in [0.15, 0.2) is 0 Å². The first kappa shape index (κ1) is 16.7. The van der Waals surface area contributed by atoms with Crippen LogP contribution in [0.5, 0.6) is 0 Å². The van der Waals surface area contributed by atoms with Crippen molar-refractivity contribution in [3.8, 4) is 0 Å². The molecule has 0 aliphatic heterocycles. The largest absolute Gasteiger partial charge is 0.392 e. The minimum atomic E-state index is -0.480. The predicted octanol–water partition coefficient (Wildman–Crippen LogP) is 4.35. The molecule has 4 unspecified atom stereocenters. The standard InChI is InChI=1S/C17H32O2/c1-6-8-9-16(4,7-2)17(5)12-13(3)10-14(18)11-15(17)19/h13,15,19H,6-12H2,1-5H3. The van der Waals surface area contributed by atoms with E-state index < -0.39 is 6.10 Å². The Morgan fingerprint density at radius 2 is 2.00 bits per heavy atom. The molecule has 1 aliphatic rings. The van der Waals surface area contributed by atoms with Crippen molar-refractivity contribution in [1.82, 2.24) is 0 Å². The number of ketones is 1. The van der Waals surface area contributed by atoms with Crippen LogP contribution in [0.2, 0.25) is 0 Å². The van der Waals surface area contributed by atoms with E-state index >= 15 is 0 Å². The zero-order valence-corrected chi connectivity index (χ0v) is 13.5. The molecule has 4 atom stereocenters. The van der Waals surface area contributed by atoms with Gasteiger partial charge in [0, 0.05) is 12.8 Å². The van der Waals surface area contributed by atoms with Gasteiger partial charge in [-0.05, 0) is 29.6 Å². The molecule has 0 radical (unpaired) electrons. The fourth-order valence-corrected chi connectivity index (χ4v) is 3.93. The number of unbranched alkanes of at least 4 members (excludes halogenated alkanes) is 1. The van der Waals surface area contributed by atoms with Crippen molar-refractivity contribution in [1.29, 1.82) is 0 Å². The zero-order valence-electron chi connectivity index (χ0n) is 13.5. The second-order valence-corrected chi connectivity index (χ2v) is 7.21. The van der Waals surface area contributed by atoms with Gasteiger partial charge in [0.2, 0.25) is 0 Å². The predicted molar refractivity (Wildman–Crippen MR) is 80.1 cm³/mol. The van der Waals surface area contributed by atoms with Crippen LogP contribution in [0.1, 0.15) is 79.6 Å². The van der Waals surface area contributed by atoms with E-state index in [1.54, 1.807) is 0 Å². The molecule has 0 heterocycles. The van der Waals surface area contributed by atoms with Gasteiger partial charge in [0.1, 0.15) is 5.78 Å². The monoisotopic (exact) mass is 268 g/mol. The maximum absolute atomic E-state index is 11.9. The van der Waals surface area contributed by atoms with Crippen molar-refractivity contribution in [2.75, 3.05) is 0 Å². The van der Waals surface area contributed by atoms with Gasteiger partial charge < -0.3 is 5.11 Å². The molecule has 2 heteroatoms. The smallest absolute Gasteiger partial charge is 0.135 e. The number of hydrogen-bond donors (Lipinski definition) is 1. The molecule has 0 amide bonds. The number of carbonyl (C=O) groups excluding carboxylic acids is 1. The molecule has 112 valence electrons. The maximum atomic E-state index is 11.9. The van der Waals surface area contributed by atoms with Crippen LogP contribution in [-0.4, -0.2) is 17.0 Å². The fourth-order valence-electron chi connectivity index (χ4n) is 3.93. The number of hydrogen-bond acceptors (Lipinski definition) is 2. The molecule has 1 N–H and O–H groups in total. The lowest BCUT2D eigenvalue weighted by Gasteiger charge is -2.50. The molecular formula is C17H32O2. The number of Topliss-reactive ketones (excluding diaryl/α,β-unsaturated/α-hetero) is 1. The van der Waals surface area contributed by atoms with Gasteiger partial charge >= 0.3 is 0 Å². The van der Waals surface area contributed by atoms with Crippen LogP contribution in [0, 0.1) is 16.7 Å². The molecule has 1 aliphatic carbocycles. The summed E-state index contributed by atoms with van der Waals surface area (Å²) in [7, 11) is 0. The summed E-state index contributed by atoms with van der Waals surface area (Å²) in [5.41, 5.74) is -0.0101. The van der Waals surface area contributed by atoms with Gasteiger partial charge in [-0.3, -0.25) is 4.79 Å². The Balaban J connectivity index is 3.04. The van der Waals surface area contributed by atoms with E-state index in [-0.39, 0.29) is 16.6 Å². The summed E-state index contributed by atoms with van der Waals surface area (Å²) in [6, 6.07) is 0. The van der Waals surface area contributed by atoms with Crippen LogP contribution >= 0.6 is 0 Å². The van der Waals surface area contributed by atoms with Gasteiger partial charge in [-0.15, -0.1) is 0 Å². The molecule has 0 aromatic carbocycles. The van der Waals surface area contributed by atoms with E-state index in [1.165, 1.54) is 12.8 Å². The van der Waals surface area contributed by atoms with Crippen molar-refractivity contribution in [3.05, 3.63) is 0 Å². The Bertz CT molecular complexity index is 312. The number of rotatable bonds is 5. The summed E-state index contributed by atoms with van der Waals surface area (Å²) < 4.78 is 0. The molecule has 0 bridgehead atoms. The van der Waals surface area contributed by atoms with Crippen LogP contribution in [0.4, 0.5) is 0 Å².